The largest absolute Gasteiger partial charge is 0.348 e. The van der Waals surface area contributed by atoms with Gasteiger partial charge in [-0.1, -0.05) is 0 Å². The van der Waals surface area contributed by atoms with Crippen LogP contribution >= 0.6 is 0 Å². The van der Waals surface area contributed by atoms with Crippen molar-refractivity contribution in [3.05, 3.63) is 59.7 Å². The Labute approximate surface area is 162 Å². The summed E-state index contributed by atoms with van der Waals surface area (Å²) in [7, 11) is 1.96. The zero-order valence-corrected chi connectivity index (χ0v) is 16.1. The molecular weight excluding hydrogens is 354 g/mol. The van der Waals surface area contributed by atoms with E-state index in [0.717, 1.165) is 28.6 Å². The predicted molar refractivity (Wildman–Crippen MR) is 104 cm³/mol. The Morgan fingerprint density at radius 2 is 1.96 bits per heavy atom. The van der Waals surface area contributed by atoms with E-state index in [1.54, 1.807) is 0 Å². The molecule has 0 N–H and O–H groups in total. The molecule has 0 unspecified atom stereocenters. The van der Waals surface area contributed by atoms with Crippen molar-refractivity contribution in [1.29, 1.82) is 0 Å². The standard InChI is InChI=1S/C20H21N7O/c1-13-9-14(2)27(23-13)16-11-25(12-16)20(28)15-6-7-18-21-22-19(26(18)10-15)17-5-4-8-24(17)3/h4-10,16H,11-12H2,1-3H3. The number of aryl methyl sites for hydroxylation is 3. The Balaban J connectivity index is 1.40. The van der Waals surface area contributed by atoms with Crippen LogP contribution in [0.5, 0.6) is 0 Å². The van der Waals surface area contributed by atoms with Crippen LogP contribution in [0, 0.1) is 13.8 Å². The van der Waals surface area contributed by atoms with Gasteiger partial charge in [-0.2, -0.15) is 5.10 Å². The van der Waals surface area contributed by atoms with E-state index in [4.69, 9.17) is 0 Å². The van der Waals surface area contributed by atoms with E-state index >= 15 is 0 Å². The smallest absolute Gasteiger partial charge is 0.255 e. The van der Waals surface area contributed by atoms with Gasteiger partial charge in [0.1, 0.15) is 0 Å². The van der Waals surface area contributed by atoms with Crippen LogP contribution in [0.4, 0.5) is 0 Å². The molecule has 0 aromatic carbocycles. The first-order valence-electron chi connectivity index (χ1n) is 9.30. The zero-order chi connectivity index (χ0) is 19.4. The minimum absolute atomic E-state index is 0.0196. The van der Waals surface area contributed by atoms with Crippen LogP contribution in [0.3, 0.4) is 0 Å². The summed E-state index contributed by atoms with van der Waals surface area (Å²) in [5, 5.41) is 13.1. The molecule has 0 spiro atoms. The second kappa shape index (κ2) is 6.05. The van der Waals surface area contributed by atoms with E-state index in [1.807, 2.05) is 69.2 Å². The average molecular weight is 375 g/mol. The zero-order valence-electron chi connectivity index (χ0n) is 16.1. The molecule has 1 fully saturated rings. The molecule has 1 aliphatic heterocycles. The van der Waals surface area contributed by atoms with Crippen molar-refractivity contribution in [2.45, 2.75) is 19.9 Å². The number of fused-ring (bicyclic) bond motifs is 1. The lowest BCUT2D eigenvalue weighted by molar-refractivity contribution is 0.0497. The van der Waals surface area contributed by atoms with Gasteiger partial charge < -0.3 is 9.47 Å². The first-order chi connectivity index (χ1) is 13.5. The number of carbonyl (C=O) groups is 1. The molecule has 4 aromatic heterocycles. The van der Waals surface area contributed by atoms with Gasteiger partial charge in [0.05, 0.1) is 23.0 Å². The van der Waals surface area contributed by atoms with Crippen LogP contribution in [0.2, 0.25) is 0 Å². The van der Waals surface area contributed by atoms with Gasteiger partial charge in [0.25, 0.3) is 5.91 Å². The van der Waals surface area contributed by atoms with E-state index in [2.05, 4.69) is 28.3 Å². The van der Waals surface area contributed by atoms with Crippen LogP contribution in [0.25, 0.3) is 17.2 Å². The summed E-state index contributed by atoms with van der Waals surface area (Å²) in [6.07, 6.45) is 3.79. The number of aromatic nitrogens is 6. The SMILES string of the molecule is Cc1cc(C)n(C2CN(C(=O)c3ccc4nnc(-c5cccn5C)n4c3)C2)n1. The van der Waals surface area contributed by atoms with Crippen molar-refractivity contribution in [2.75, 3.05) is 13.1 Å². The number of amides is 1. The third-order valence-corrected chi connectivity index (χ3v) is 5.36. The summed E-state index contributed by atoms with van der Waals surface area (Å²) in [4.78, 5) is 14.8. The lowest BCUT2D eigenvalue weighted by atomic mass is 10.1. The van der Waals surface area contributed by atoms with Gasteiger partial charge in [0.15, 0.2) is 11.5 Å². The Morgan fingerprint density at radius 1 is 1.14 bits per heavy atom. The summed E-state index contributed by atoms with van der Waals surface area (Å²) in [5.74, 6) is 0.743. The Bertz CT molecular complexity index is 1190. The third-order valence-electron chi connectivity index (χ3n) is 5.36. The van der Waals surface area contributed by atoms with Crippen LogP contribution in [0.15, 0.2) is 42.7 Å². The normalized spacial score (nSPS) is 14.6. The second-order valence-corrected chi connectivity index (χ2v) is 7.41. The number of pyridine rings is 1. The van der Waals surface area contributed by atoms with Crippen LogP contribution < -0.4 is 0 Å². The van der Waals surface area contributed by atoms with Crippen molar-refractivity contribution in [3.63, 3.8) is 0 Å². The fourth-order valence-electron chi connectivity index (χ4n) is 3.86. The topological polar surface area (TPSA) is 73.2 Å². The minimum Gasteiger partial charge on any atom is -0.348 e. The molecular formula is C20H21N7O. The van der Waals surface area contributed by atoms with E-state index in [1.165, 1.54) is 0 Å². The first kappa shape index (κ1) is 16.7. The highest BCUT2D eigenvalue weighted by Gasteiger charge is 2.34. The lowest BCUT2D eigenvalue weighted by Gasteiger charge is -2.39. The van der Waals surface area contributed by atoms with Gasteiger partial charge in [-0.3, -0.25) is 13.9 Å². The van der Waals surface area contributed by atoms with Crippen molar-refractivity contribution in [2.24, 2.45) is 7.05 Å². The maximum Gasteiger partial charge on any atom is 0.255 e. The average Bonchev–Trinajstić information content (AvgIpc) is 3.32. The molecule has 142 valence electrons. The van der Waals surface area contributed by atoms with Crippen molar-refractivity contribution < 1.29 is 4.79 Å². The fourth-order valence-corrected chi connectivity index (χ4v) is 3.86. The molecule has 0 saturated carbocycles. The van der Waals surface area contributed by atoms with Crippen molar-refractivity contribution in [3.8, 4) is 11.5 Å². The Hall–Kier alpha value is -3.42. The van der Waals surface area contributed by atoms with Gasteiger partial charge in [0, 0.05) is 38.2 Å². The summed E-state index contributed by atoms with van der Waals surface area (Å²) in [6.45, 7) is 5.39. The first-order valence-corrected chi connectivity index (χ1v) is 9.30. The van der Waals surface area contributed by atoms with Crippen LogP contribution in [-0.2, 0) is 7.05 Å². The molecule has 1 aliphatic rings. The molecule has 0 aliphatic carbocycles. The van der Waals surface area contributed by atoms with E-state index in [-0.39, 0.29) is 11.9 Å². The Morgan fingerprint density at radius 3 is 2.64 bits per heavy atom. The van der Waals surface area contributed by atoms with E-state index < -0.39 is 0 Å². The molecule has 5 heterocycles. The Kier molecular flexibility index (Phi) is 3.61. The monoisotopic (exact) mass is 375 g/mol. The number of hydrogen-bond donors (Lipinski definition) is 0. The third kappa shape index (κ3) is 2.52. The molecule has 0 atom stereocenters. The maximum atomic E-state index is 13.0. The molecule has 1 amide bonds. The molecule has 1 saturated heterocycles. The summed E-state index contributed by atoms with van der Waals surface area (Å²) < 4.78 is 5.88. The molecule has 5 rings (SSSR count). The molecule has 28 heavy (non-hydrogen) atoms. The van der Waals surface area contributed by atoms with E-state index in [0.29, 0.717) is 18.7 Å². The summed E-state index contributed by atoms with van der Waals surface area (Å²) >= 11 is 0. The minimum atomic E-state index is 0.0196. The second-order valence-electron chi connectivity index (χ2n) is 7.41. The number of hydrogen-bond acceptors (Lipinski definition) is 4. The molecule has 8 heteroatoms. The molecule has 0 radical (unpaired) electrons. The van der Waals surface area contributed by atoms with Crippen molar-refractivity contribution >= 4 is 11.6 Å². The number of rotatable bonds is 3. The van der Waals surface area contributed by atoms with Gasteiger partial charge >= 0.3 is 0 Å². The highest BCUT2D eigenvalue weighted by Crippen LogP contribution is 2.25. The fraction of sp³-hybridized carbons (Fsp3) is 0.300. The van der Waals surface area contributed by atoms with Gasteiger partial charge in [-0.15, -0.1) is 10.2 Å². The quantitative estimate of drug-likeness (QED) is 0.550. The maximum absolute atomic E-state index is 13.0. The lowest BCUT2D eigenvalue weighted by Crippen LogP contribution is -2.51. The number of nitrogens with zero attached hydrogens (tertiary/aromatic N) is 7. The number of likely N-dealkylation sites (tertiary alicyclic amines) is 1. The highest BCUT2D eigenvalue weighted by atomic mass is 16.2. The van der Waals surface area contributed by atoms with Crippen molar-refractivity contribution in [1.82, 2.24) is 33.8 Å². The summed E-state index contributed by atoms with van der Waals surface area (Å²) in [5.41, 5.74) is 4.44. The van der Waals surface area contributed by atoms with Crippen LogP contribution in [-0.4, -0.2) is 52.8 Å². The summed E-state index contributed by atoms with van der Waals surface area (Å²) in [6, 6.07) is 9.91. The van der Waals surface area contributed by atoms with E-state index in [9.17, 15) is 4.79 Å². The van der Waals surface area contributed by atoms with Gasteiger partial charge in [0.2, 0.25) is 0 Å². The highest BCUT2D eigenvalue weighted by molar-refractivity contribution is 5.95. The molecule has 4 aromatic rings. The van der Waals surface area contributed by atoms with Gasteiger partial charge in [-0.05, 0) is 44.2 Å². The predicted octanol–water partition coefficient (Wildman–Crippen LogP) is 2.25. The van der Waals surface area contributed by atoms with Crippen LogP contribution in [0.1, 0.15) is 27.8 Å². The van der Waals surface area contributed by atoms with Gasteiger partial charge in [-0.25, -0.2) is 0 Å². The molecule has 8 nitrogen and oxygen atoms in total. The molecule has 0 bridgehead atoms. The number of carbonyl (C=O) groups excluding carboxylic acids is 1.